The van der Waals surface area contributed by atoms with Crippen LogP contribution in [0.5, 0.6) is 0 Å². The minimum Gasteiger partial charge on any atom is -0.370 e. The average molecular weight is 222 g/mol. The van der Waals surface area contributed by atoms with Crippen molar-refractivity contribution in [2.75, 3.05) is 29.9 Å². The quantitative estimate of drug-likeness (QED) is 0.802. The molecule has 0 amide bonds. The molecule has 0 radical (unpaired) electrons. The summed E-state index contributed by atoms with van der Waals surface area (Å²) in [4.78, 5) is 10.8. The maximum absolute atomic E-state index is 4.32. The van der Waals surface area contributed by atoms with Crippen LogP contribution in [-0.2, 0) is 0 Å². The molecule has 0 aliphatic rings. The van der Waals surface area contributed by atoms with Gasteiger partial charge in [-0.25, -0.2) is 9.97 Å². The van der Waals surface area contributed by atoms with E-state index < -0.39 is 0 Å². The number of nitrogens with zero attached hydrogens (tertiary/aromatic N) is 3. The largest absolute Gasteiger partial charge is 0.370 e. The third-order valence-corrected chi connectivity index (χ3v) is 2.30. The first kappa shape index (κ1) is 12.7. The molecule has 0 saturated heterocycles. The van der Waals surface area contributed by atoms with E-state index in [1.165, 1.54) is 0 Å². The molecule has 0 atom stereocenters. The van der Waals surface area contributed by atoms with Gasteiger partial charge in [0.2, 0.25) is 0 Å². The molecule has 90 valence electrons. The average Bonchev–Trinajstić information content (AvgIpc) is 2.26. The van der Waals surface area contributed by atoms with Gasteiger partial charge in [-0.2, -0.15) is 0 Å². The van der Waals surface area contributed by atoms with E-state index in [-0.39, 0.29) is 0 Å². The van der Waals surface area contributed by atoms with Gasteiger partial charge in [-0.15, -0.1) is 0 Å². The summed E-state index contributed by atoms with van der Waals surface area (Å²) >= 11 is 0. The summed E-state index contributed by atoms with van der Waals surface area (Å²) in [6, 6.07) is 2.01. The van der Waals surface area contributed by atoms with E-state index >= 15 is 0 Å². The number of hydrogen-bond donors (Lipinski definition) is 1. The molecule has 0 bridgehead atoms. The Morgan fingerprint density at radius 2 is 2.06 bits per heavy atom. The normalized spacial score (nSPS) is 10.6. The zero-order valence-corrected chi connectivity index (χ0v) is 10.7. The van der Waals surface area contributed by atoms with Crippen LogP contribution < -0.4 is 10.2 Å². The third-order valence-electron chi connectivity index (χ3n) is 2.30. The van der Waals surface area contributed by atoms with Crippen LogP contribution in [-0.4, -0.2) is 29.6 Å². The monoisotopic (exact) mass is 222 g/mol. The Hall–Kier alpha value is -1.32. The second kappa shape index (κ2) is 6.30. The van der Waals surface area contributed by atoms with Crippen LogP contribution >= 0.6 is 0 Å². The highest BCUT2D eigenvalue weighted by Crippen LogP contribution is 2.15. The van der Waals surface area contributed by atoms with Crippen molar-refractivity contribution in [2.24, 2.45) is 5.92 Å². The van der Waals surface area contributed by atoms with Gasteiger partial charge in [0.15, 0.2) is 0 Å². The van der Waals surface area contributed by atoms with E-state index in [9.17, 15) is 0 Å². The summed E-state index contributed by atoms with van der Waals surface area (Å²) in [5, 5.41) is 3.20. The SMILES string of the molecule is CCNc1cc(N(CC)CC(C)C)ncn1. The van der Waals surface area contributed by atoms with Crippen molar-refractivity contribution in [3.8, 4) is 0 Å². The minimum absolute atomic E-state index is 0.637. The van der Waals surface area contributed by atoms with Crippen molar-refractivity contribution in [1.82, 2.24) is 9.97 Å². The molecule has 0 saturated carbocycles. The lowest BCUT2D eigenvalue weighted by Gasteiger charge is -2.24. The maximum atomic E-state index is 4.32. The van der Waals surface area contributed by atoms with Gasteiger partial charge in [0.25, 0.3) is 0 Å². The first-order valence-corrected chi connectivity index (χ1v) is 5.98. The first-order valence-electron chi connectivity index (χ1n) is 5.98. The lowest BCUT2D eigenvalue weighted by Crippen LogP contribution is -2.28. The van der Waals surface area contributed by atoms with Gasteiger partial charge in [0.05, 0.1) is 0 Å². The van der Waals surface area contributed by atoms with Crippen molar-refractivity contribution < 1.29 is 0 Å². The molecule has 1 heterocycles. The van der Waals surface area contributed by atoms with Crippen molar-refractivity contribution >= 4 is 11.6 Å². The Labute approximate surface area is 98.1 Å². The van der Waals surface area contributed by atoms with Gasteiger partial charge in [-0.1, -0.05) is 13.8 Å². The topological polar surface area (TPSA) is 41.0 Å². The van der Waals surface area contributed by atoms with Crippen LogP contribution in [0.15, 0.2) is 12.4 Å². The highest BCUT2D eigenvalue weighted by Gasteiger charge is 2.08. The zero-order chi connectivity index (χ0) is 12.0. The first-order chi connectivity index (χ1) is 7.67. The van der Waals surface area contributed by atoms with Crippen LogP contribution in [0.1, 0.15) is 27.7 Å². The van der Waals surface area contributed by atoms with Crippen LogP contribution in [0.2, 0.25) is 0 Å². The Morgan fingerprint density at radius 3 is 2.62 bits per heavy atom. The molecule has 16 heavy (non-hydrogen) atoms. The predicted octanol–water partition coefficient (Wildman–Crippen LogP) is 2.39. The van der Waals surface area contributed by atoms with Crippen molar-refractivity contribution in [3.63, 3.8) is 0 Å². The van der Waals surface area contributed by atoms with Gasteiger partial charge in [-0.3, -0.25) is 0 Å². The molecular weight excluding hydrogens is 200 g/mol. The van der Waals surface area contributed by atoms with Crippen LogP contribution in [0.3, 0.4) is 0 Å². The Balaban J connectivity index is 2.79. The molecule has 4 nitrogen and oxygen atoms in total. The molecule has 1 aromatic rings. The molecule has 0 unspecified atom stereocenters. The van der Waals surface area contributed by atoms with Gasteiger partial charge >= 0.3 is 0 Å². The number of anilines is 2. The number of nitrogens with one attached hydrogen (secondary N) is 1. The predicted molar refractivity (Wildman–Crippen MR) is 68.9 cm³/mol. The molecule has 0 aliphatic heterocycles. The Bertz CT molecular complexity index is 312. The molecule has 1 aromatic heterocycles. The van der Waals surface area contributed by atoms with Crippen LogP contribution in [0.25, 0.3) is 0 Å². The molecule has 4 heteroatoms. The van der Waals surface area contributed by atoms with Gasteiger partial charge in [0, 0.05) is 25.7 Å². The van der Waals surface area contributed by atoms with E-state index in [2.05, 4.69) is 47.9 Å². The summed E-state index contributed by atoms with van der Waals surface area (Å²) in [5.74, 6) is 2.54. The van der Waals surface area contributed by atoms with E-state index in [4.69, 9.17) is 0 Å². The van der Waals surface area contributed by atoms with E-state index in [0.717, 1.165) is 31.3 Å². The fraction of sp³-hybridized carbons (Fsp3) is 0.667. The highest BCUT2D eigenvalue weighted by atomic mass is 15.2. The zero-order valence-electron chi connectivity index (χ0n) is 10.7. The Morgan fingerprint density at radius 1 is 1.31 bits per heavy atom. The summed E-state index contributed by atoms with van der Waals surface area (Å²) in [6.45, 7) is 11.5. The second-order valence-electron chi connectivity index (χ2n) is 4.22. The summed E-state index contributed by atoms with van der Waals surface area (Å²) in [5.41, 5.74) is 0. The summed E-state index contributed by atoms with van der Waals surface area (Å²) in [7, 11) is 0. The fourth-order valence-electron chi connectivity index (χ4n) is 1.62. The van der Waals surface area contributed by atoms with Crippen LogP contribution in [0, 0.1) is 5.92 Å². The number of aromatic nitrogens is 2. The maximum Gasteiger partial charge on any atom is 0.134 e. The summed E-state index contributed by atoms with van der Waals surface area (Å²) in [6.07, 6.45) is 1.62. The lowest BCUT2D eigenvalue weighted by molar-refractivity contribution is 0.614. The number of hydrogen-bond acceptors (Lipinski definition) is 4. The van der Waals surface area contributed by atoms with Crippen molar-refractivity contribution in [1.29, 1.82) is 0 Å². The second-order valence-corrected chi connectivity index (χ2v) is 4.22. The molecule has 1 N–H and O–H groups in total. The fourth-order valence-corrected chi connectivity index (χ4v) is 1.62. The molecule has 0 spiro atoms. The van der Waals surface area contributed by atoms with E-state index in [0.29, 0.717) is 5.92 Å². The highest BCUT2D eigenvalue weighted by molar-refractivity contribution is 5.48. The molecule has 0 aromatic carbocycles. The minimum atomic E-state index is 0.637. The van der Waals surface area contributed by atoms with Gasteiger partial charge < -0.3 is 10.2 Å². The van der Waals surface area contributed by atoms with E-state index in [1.54, 1.807) is 6.33 Å². The molecular formula is C12H22N4. The molecule has 0 aliphatic carbocycles. The standard InChI is InChI=1S/C12H22N4/c1-5-13-11-7-12(15-9-14-11)16(6-2)8-10(3)4/h7,9-10H,5-6,8H2,1-4H3,(H,13,14,15). The summed E-state index contributed by atoms with van der Waals surface area (Å²) < 4.78 is 0. The lowest BCUT2D eigenvalue weighted by atomic mass is 10.2. The molecule has 0 fully saturated rings. The van der Waals surface area contributed by atoms with Crippen molar-refractivity contribution in [2.45, 2.75) is 27.7 Å². The van der Waals surface area contributed by atoms with Gasteiger partial charge in [-0.05, 0) is 19.8 Å². The number of rotatable bonds is 6. The Kier molecular flexibility index (Phi) is 5.02. The van der Waals surface area contributed by atoms with Crippen molar-refractivity contribution in [3.05, 3.63) is 12.4 Å². The third kappa shape index (κ3) is 3.68. The van der Waals surface area contributed by atoms with E-state index in [1.807, 2.05) is 6.07 Å². The van der Waals surface area contributed by atoms with Crippen LogP contribution in [0.4, 0.5) is 11.6 Å². The molecule has 1 rings (SSSR count). The smallest absolute Gasteiger partial charge is 0.134 e. The van der Waals surface area contributed by atoms with Gasteiger partial charge in [0.1, 0.15) is 18.0 Å².